The summed E-state index contributed by atoms with van der Waals surface area (Å²) in [6, 6.07) is 6.18. The molecule has 1 aromatic carbocycles. The van der Waals surface area contributed by atoms with Gasteiger partial charge in [0.15, 0.2) is 0 Å². The number of aliphatic hydroxyl groups is 1. The molecule has 0 aliphatic heterocycles. The van der Waals surface area contributed by atoms with Gasteiger partial charge < -0.3 is 15.7 Å². The van der Waals surface area contributed by atoms with E-state index in [2.05, 4.69) is 20.8 Å². The molecule has 2 amide bonds. The smallest absolute Gasteiger partial charge is 0.272 e. The molecule has 0 aliphatic rings. The maximum atomic E-state index is 12.4. The van der Waals surface area contributed by atoms with Gasteiger partial charge in [-0.05, 0) is 12.0 Å². The molecule has 0 spiro atoms. The summed E-state index contributed by atoms with van der Waals surface area (Å²) in [5, 5.41) is 21.4. The summed E-state index contributed by atoms with van der Waals surface area (Å²) < 4.78 is 0. The van der Waals surface area contributed by atoms with E-state index in [1.54, 1.807) is 24.3 Å². The van der Waals surface area contributed by atoms with Crippen molar-refractivity contribution in [2.45, 2.75) is 26.3 Å². The van der Waals surface area contributed by atoms with Crippen molar-refractivity contribution in [1.29, 1.82) is 0 Å². The van der Waals surface area contributed by atoms with Crippen LogP contribution < -0.4 is 16.2 Å². The minimum atomic E-state index is -0.715. The number of aliphatic hydroxyl groups excluding tert-OH is 1. The van der Waals surface area contributed by atoms with E-state index in [0.717, 1.165) is 0 Å². The maximum Gasteiger partial charge on any atom is 0.272 e. The van der Waals surface area contributed by atoms with Crippen LogP contribution in [0.25, 0.3) is 10.8 Å². The van der Waals surface area contributed by atoms with Gasteiger partial charge in [0.05, 0.1) is 24.1 Å². The Hall–Kier alpha value is -2.74. The predicted octanol–water partition coefficient (Wildman–Crippen LogP) is -0.285. The van der Waals surface area contributed by atoms with E-state index < -0.39 is 6.04 Å². The number of rotatable bonds is 7. The van der Waals surface area contributed by atoms with Gasteiger partial charge in [-0.1, -0.05) is 32.0 Å². The van der Waals surface area contributed by atoms with Crippen LogP contribution in [0.5, 0.6) is 0 Å². The van der Waals surface area contributed by atoms with Crippen molar-refractivity contribution in [3.63, 3.8) is 0 Å². The fourth-order valence-corrected chi connectivity index (χ4v) is 2.51. The van der Waals surface area contributed by atoms with Crippen LogP contribution >= 0.6 is 0 Å². The molecule has 1 atom stereocenters. The molecule has 8 nitrogen and oxygen atoms in total. The predicted molar refractivity (Wildman–Crippen MR) is 92.9 cm³/mol. The number of amides is 2. The van der Waals surface area contributed by atoms with Gasteiger partial charge in [0.25, 0.3) is 5.56 Å². The monoisotopic (exact) mass is 346 g/mol. The zero-order valence-electron chi connectivity index (χ0n) is 14.2. The molecular formula is C17H22N4O4. The molecule has 25 heavy (non-hydrogen) atoms. The molecule has 1 unspecified atom stereocenters. The van der Waals surface area contributed by atoms with Gasteiger partial charge in [-0.15, -0.1) is 0 Å². The SMILES string of the molecule is CC(C)C(NC(=O)Cc1n[nH]c(=O)c2ccccc12)C(=O)NCCO. The summed E-state index contributed by atoms with van der Waals surface area (Å²) in [4.78, 5) is 36.2. The topological polar surface area (TPSA) is 124 Å². The second kappa shape index (κ2) is 8.39. The molecule has 1 aromatic heterocycles. The van der Waals surface area contributed by atoms with Crippen LogP contribution in [0.1, 0.15) is 19.5 Å². The molecule has 0 bridgehead atoms. The number of benzene rings is 1. The largest absolute Gasteiger partial charge is 0.395 e. The minimum Gasteiger partial charge on any atom is -0.395 e. The Kier molecular flexibility index (Phi) is 6.24. The van der Waals surface area contributed by atoms with Crippen LogP contribution in [0.2, 0.25) is 0 Å². The first kappa shape index (κ1) is 18.6. The number of H-pyrrole nitrogens is 1. The molecular weight excluding hydrogens is 324 g/mol. The lowest BCUT2D eigenvalue weighted by Crippen LogP contribution is -2.50. The van der Waals surface area contributed by atoms with E-state index in [9.17, 15) is 14.4 Å². The molecule has 134 valence electrons. The number of fused-ring (bicyclic) bond motifs is 1. The number of carbonyl (C=O) groups excluding carboxylic acids is 2. The van der Waals surface area contributed by atoms with Crippen molar-refractivity contribution >= 4 is 22.6 Å². The zero-order chi connectivity index (χ0) is 18.4. The van der Waals surface area contributed by atoms with Crippen LogP contribution in [-0.2, 0) is 16.0 Å². The zero-order valence-corrected chi connectivity index (χ0v) is 14.2. The number of nitrogens with one attached hydrogen (secondary N) is 3. The Labute approximate surface area is 144 Å². The van der Waals surface area contributed by atoms with E-state index in [1.165, 1.54) is 0 Å². The molecule has 0 saturated heterocycles. The van der Waals surface area contributed by atoms with Crippen molar-refractivity contribution in [3.8, 4) is 0 Å². The lowest BCUT2D eigenvalue weighted by Gasteiger charge is -2.21. The van der Waals surface area contributed by atoms with Crippen LogP contribution in [0.4, 0.5) is 0 Å². The fourth-order valence-electron chi connectivity index (χ4n) is 2.51. The van der Waals surface area contributed by atoms with E-state index in [4.69, 9.17) is 5.11 Å². The standard InChI is InChI=1S/C17H22N4O4/c1-10(2)15(17(25)18-7-8-22)19-14(23)9-13-11-5-3-4-6-12(11)16(24)21-20-13/h3-6,10,15,22H,7-9H2,1-2H3,(H,18,25)(H,19,23)(H,21,24). The van der Waals surface area contributed by atoms with Crippen molar-refractivity contribution in [2.24, 2.45) is 5.92 Å². The second-order valence-corrected chi connectivity index (χ2v) is 6.03. The first-order chi connectivity index (χ1) is 11.9. The van der Waals surface area contributed by atoms with Crippen LogP contribution in [0, 0.1) is 5.92 Å². The normalized spacial score (nSPS) is 12.2. The molecule has 0 saturated carbocycles. The lowest BCUT2D eigenvalue weighted by molar-refractivity contribution is -0.129. The molecule has 8 heteroatoms. The van der Waals surface area contributed by atoms with E-state index in [0.29, 0.717) is 16.5 Å². The van der Waals surface area contributed by atoms with E-state index in [1.807, 2.05) is 13.8 Å². The summed E-state index contributed by atoms with van der Waals surface area (Å²) in [5.74, 6) is -0.845. The Bertz CT molecular complexity index is 816. The van der Waals surface area contributed by atoms with Gasteiger partial charge >= 0.3 is 0 Å². The number of hydrogen-bond donors (Lipinski definition) is 4. The van der Waals surface area contributed by atoms with Gasteiger partial charge in [0.1, 0.15) is 6.04 Å². The quantitative estimate of drug-likeness (QED) is 0.549. The van der Waals surface area contributed by atoms with Gasteiger partial charge in [-0.2, -0.15) is 5.10 Å². The fraction of sp³-hybridized carbons (Fsp3) is 0.412. The molecule has 0 radical (unpaired) electrons. The number of hydrogen-bond acceptors (Lipinski definition) is 5. The Morgan fingerprint density at radius 3 is 2.56 bits per heavy atom. The van der Waals surface area contributed by atoms with Crippen LogP contribution in [0.3, 0.4) is 0 Å². The molecule has 4 N–H and O–H groups in total. The summed E-state index contributed by atoms with van der Waals surface area (Å²) in [6.07, 6.45) is -0.0617. The summed E-state index contributed by atoms with van der Waals surface area (Å²) >= 11 is 0. The second-order valence-electron chi connectivity index (χ2n) is 6.03. The van der Waals surface area contributed by atoms with E-state index in [-0.39, 0.29) is 42.9 Å². The van der Waals surface area contributed by atoms with Crippen LogP contribution in [-0.4, -0.2) is 46.3 Å². The highest BCUT2D eigenvalue weighted by molar-refractivity contribution is 5.91. The highest BCUT2D eigenvalue weighted by Crippen LogP contribution is 2.13. The van der Waals surface area contributed by atoms with Crippen molar-refractivity contribution < 1.29 is 14.7 Å². The summed E-state index contributed by atoms with van der Waals surface area (Å²) in [5.41, 5.74) is 0.120. The summed E-state index contributed by atoms with van der Waals surface area (Å²) in [7, 11) is 0. The summed E-state index contributed by atoms with van der Waals surface area (Å²) in [6.45, 7) is 3.59. The van der Waals surface area contributed by atoms with Crippen molar-refractivity contribution in [2.75, 3.05) is 13.2 Å². The van der Waals surface area contributed by atoms with E-state index >= 15 is 0 Å². The van der Waals surface area contributed by atoms with Gasteiger partial charge in [0, 0.05) is 11.9 Å². The molecule has 0 aliphatic carbocycles. The average molecular weight is 346 g/mol. The van der Waals surface area contributed by atoms with Gasteiger partial charge in [-0.25, -0.2) is 5.10 Å². The molecule has 0 fully saturated rings. The Morgan fingerprint density at radius 1 is 1.24 bits per heavy atom. The van der Waals surface area contributed by atoms with Crippen molar-refractivity contribution in [1.82, 2.24) is 20.8 Å². The van der Waals surface area contributed by atoms with Crippen molar-refractivity contribution in [3.05, 3.63) is 40.3 Å². The number of aromatic nitrogens is 2. The lowest BCUT2D eigenvalue weighted by atomic mass is 10.0. The van der Waals surface area contributed by atoms with Crippen LogP contribution in [0.15, 0.2) is 29.1 Å². The number of carbonyl (C=O) groups is 2. The first-order valence-corrected chi connectivity index (χ1v) is 8.08. The highest BCUT2D eigenvalue weighted by Gasteiger charge is 2.24. The third-order valence-corrected chi connectivity index (χ3v) is 3.78. The number of nitrogens with zero attached hydrogens (tertiary/aromatic N) is 1. The first-order valence-electron chi connectivity index (χ1n) is 8.08. The molecule has 2 rings (SSSR count). The third kappa shape index (κ3) is 4.63. The number of aromatic amines is 1. The highest BCUT2D eigenvalue weighted by atomic mass is 16.3. The average Bonchev–Trinajstić information content (AvgIpc) is 2.60. The van der Waals surface area contributed by atoms with Gasteiger partial charge in [-0.3, -0.25) is 14.4 Å². The third-order valence-electron chi connectivity index (χ3n) is 3.78. The molecule has 1 heterocycles. The maximum absolute atomic E-state index is 12.4. The molecule has 2 aromatic rings. The minimum absolute atomic E-state index is 0.0617. The Balaban J connectivity index is 2.15. The van der Waals surface area contributed by atoms with Gasteiger partial charge in [0.2, 0.25) is 11.8 Å². The Morgan fingerprint density at radius 2 is 1.92 bits per heavy atom.